The third-order valence-corrected chi connectivity index (χ3v) is 8.19. The number of benzene rings is 1. The summed E-state index contributed by atoms with van der Waals surface area (Å²) in [5.74, 6) is 3.53. The molecule has 4 unspecified atom stereocenters. The maximum atomic E-state index is 6.64. The molecule has 0 heterocycles. The van der Waals surface area contributed by atoms with Crippen LogP contribution in [0.2, 0.25) is 0 Å². The van der Waals surface area contributed by atoms with E-state index >= 15 is 0 Å². The lowest BCUT2D eigenvalue weighted by atomic mass is 9.67. The van der Waals surface area contributed by atoms with Gasteiger partial charge in [0.15, 0.2) is 0 Å². The molecule has 0 saturated heterocycles. The highest BCUT2D eigenvalue weighted by Gasteiger charge is 2.32. The van der Waals surface area contributed by atoms with Crippen molar-refractivity contribution in [1.29, 1.82) is 0 Å². The average molecular weight is 497 g/mol. The SMILES string of the molecule is C\C=C/C=C(C)/C(C)=C(OCCOC(Cl)CC1CCC2CCCCC2C1)/C(=C\C)c1ccccc1. The Balaban J connectivity index is 1.57. The zero-order valence-corrected chi connectivity index (χ0v) is 23.0. The number of alkyl halides is 1. The van der Waals surface area contributed by atoms with Gasteiger partial charge in [0, 0.05) is 5.57 Å². The molecule has 3 rings (SSSR count). The minimum absolute atomic E-state index is 0.232. The fraction of sp³-hybridized carbons (Fsp3) is 0.562. The lowest BCUT2D eigenvalue weighted by molar-refractivity contribution is 0.0375. The van der Waals surface area contributed by atoms with Crippen molar-refractivity contribution < 1.29 is 9.47 Å². The van der Waals surface area contributed by atoms with Crippen molar-refractivity contribution in [3.05, 3.63) is 77.1 Å². The summed E-state index contributed by atoms with van der Waals surface area (Å²) in [6, 6.07) is 10.4. The maximum absolute atomic E-state index is 6.64. The van der Waals surface area contributed by atoms with Crippen LogP contribution in [-0.4, -0.2) is 18.8 Å². The Kier molecular flexibility index (Phi) is 11.7. The molecular weight excluding hydrogens is 452 g/mol. The molecule has 2 saturated carbocycles. The molecule has 0 radical (unpaired) electrons. The molecule has 35 heavy (non-hydrogen) atoms. The van der Waals surface area contributed by atoms with Crippen molar-refractivity contribution in [2.24, 2.45) is 17.8 Å². The Bertz CT molecular complexity index is 895. The highest BCUT2D eigenvalue weighted by molar-refractivity contribution is 6.19. The van der Waals surface area contributed by atoms with Crippen molar-refractivity contribution in [1.82, 2.24) is 0 Å². The predicted molar refractivity (Wildman–Crippen MR) is 150 cm³/mol. The summed E-state index contributed by atoms with van der Waals surface area (Å²) in [5.41, 5.74) is 4.33. The topological polar surface area (TPSA) is 18.5 Å². The standard InChI is InChI=1S/C32H45ClO2/c1-5-7-13-24(3)25(4)32(30(6-2)28-15-9-8-10-16-28)35-21-20-34-31(33)23-26-18-19-27-14-11-12-17-29(27)22-26/h5-10,13,15-16,26-27,29,31H,11-12,14,17-23H2,1-4H3/b7-5-,24-13+,30-6-,32-25-. The normalized spacial score (nSPS) is 25.2. The Morgan fingerprint density at radius 1 is 1.00 bits per heavy atom. The summed E-state index contributed by atoms with van der Waals surface area (Å²) < 4.78 is 12.4. The molecule has 0 bridgehead atoms. The number of hydrogen-bond acceptors (Lipinski definition) is 2. The molecule has 0 spiro atoms. The molecule has 192 valence electrons. The van der Waals surface area contributed by atoms with E-state index in [0.717, 1.165) is 40.7 Å². The Morgan fingerprint density at radius 2 is 1.74 bits per heavy atom. The highest BCUT2D eigenvalue weighted by atomic mass is 35.5. The molecule has 1 aromatic rings. The van der Waals surface area contributed by atoms with Crippen LogP contribution >= 0.6 is 11.6 Å². The smallest absolute Gasteiger partial charge is 0.131 e. The Morgan fingerprint density at radius 3 is 2.46 bits per heavy atom. The molecule has 4 atom stereocenters. The summed E-state index contributed by atoms with van der Waals surface area (Å²) in [4.78, 5) is 0. The summed E-state index contributed by atoms with van der Waals surface area (Å²) >= 11 is 6.64. The lowest BCUT2D eigenvalue weighted by Gasteiger charge is -2.39. The number of fused-ring (bicyclic) bond motifs is 1. The van der Waals surface area contributed by atoms with Crippen LogP contribution in [0, 0.1) is 17.8 Å². The van der Waals surface area contributed by atoms with E-state index in [0.29, 0.717) is 19.1 Å². The predicted octanol–water partition coefficient (Wildman–Crippen LogP) is 9.48. The number of halogens is 1. The molecule has 2 aliphatic rings. The maximum Gasteiger partial charge on any atom is 0.131 e. The van der Waals surface area contributed by atoms with Crippen LogP contribution in [0.1, 0.15) is 84.6 Å². The summed E-state index contributed by atoms with van der Waals surface area (Å²) in [6.45, 7) is 9.32. The van der Waals surface area contributed by atoms with Crippen LogP contribution < -0.4 is 0 Å². The first kappa shape index (κ1) is 27.8. The van der Waals surface area contributed by atoms with E-state index in [-0.39, 0.29) is 5.56 Å². The van der Waals surface area contributed by atoms with Gasteiger partial charge in [-0.2, -0.15) is 0 Å². The van der Waals surface area contributed by atoms with Crippen molar-refractivity contribution in [2.45, 2.75) is 84.6 Å². The van der Waals surface area contributed by atoms with E-state index in [2.05, 4.69) is 63.3 Å². The second kappa shape index (κ2) is 14.7. The third kappa shape index (κ3) is 8.40. The van der Waals surface area contributed by atoms with Crippen molar-refractivity contribution >= 4 is 17.2 Å². The third-order valence-electron chi connectivity index (χ3n) is 7.88. The molecule has 2 fully saturated rings. The van der Waals surface area contributed by atoms with Gasteiger partial charge < -0.3 is 9.47 Å². The molecule has 0 aliphatic heterocycles. The van der Waals surface area contributed by atoms with Crippen LogP contribution in [0.5, 0.6) is 0 Å². The van der Waals surface area contributed by atoms with Crippen LogP contribution in [0.15, 0.2) is 71.5 Å². The first-order valence-electron chi connectivity index (χ1n) is 13.6. The van der Waals surface area contributed by atoms with E-state index in [9.17, 15) is 0 Å². The minimum atomic E-state index is -0.232. The van der Waals surface area contributed by atoms with E-state index < -0.39 is 0 Å². The van der Waals surface area contributed by atoms with E-state index in [1.54, 1.807) is 0 Å². The zero-order chi connectivity index (χ0) is 25.0. The van der Waals surface area contributed by atoms with Crippen LogP contribution in [0.25, 0.3) is 5.57 Å². The zero-order valence-electron chi connectivity index (χ0n) is 22.3. The second-order valence-electron chi connectivity index (χ2n) is 10.2. The molecule has 3 heteroatoms. The molecule has 0 N–H and O–H groups in total. The van der Waals surface area contributed by atoms with E-state index in [1.165, 1.54) is 50.5 Å². The minimum Gasteiger partial charge on any atom is -0.490 e. The number of ether oxygens (including phenoxy) is 2. The molecule has 2 aliphatic carbocycles. The largest absolute Gasteiger partial charge is 0.490 e. The molecule has 0 aromatic heterocycles. The number of hydrogen-bond donors (Lipinski definition) is 0. The second-order valence-corrected chi connectivity index (χ2v) is 10.7. The summed E-state index contributed by atoms with van der Waals surface area (Å²) in [6.07, 6.45) is 19.1. The first-order chi connectivity index (χ1) is 17.0. The van der Waals surface area contributed by atoms with Crippen LogP contribution in [0.3, 0.4) is 0 Å². The van der Waals surface area contributed by atoms with Crippen molar-refractivity contribution in [3.8, 4) is 0 Å². The summed E-state index contributed by atoms with van der Waals surface area (Å²) in [7, 11) is 0. The average Bonchev–Trinajstić information content (AvgIpc) is 2.89. The van der Waals surface area contributed by atoms with Crippen molar-refractivity contribution in [2.75, 3.05) is 13.2 Å². The number of allylic oxidation sites excluding steroid dienone is 7. The molecule has 2 nitrogen and oxygen atoms in total. The Hall–Kier alpha value is -1.77. The van der Waals surface area contributed by atoms with Gasteiger partial charge in [-0.05, 0) is 81.4 Å². The van der Waals surface area contributed by atoms with E-state index in [1.807, 2.05) is 19.1 Å². The van der Waals surface area contributed by atoms with Gasteiger partial charge in [-0.15, -0.1) is 0 Å². The van der Waals surface area contributed by atoms with Crippen LogP contribution in [-0.2, 0) is 9.47 Å². The molecule has 0 amide bonds. The molecular formula is C32H45ClO2. The van der Waals surface area contributed by atoms with Gasteiger partial charge in [0.1, 0.15) is 17.9 Å². The summed E-state index contributed by atoms with van der Waals surface area (Å²) in [5, 5.41) is 0. The van der Waals surface area contributed by atoms with Crippen molar-refractivity contribution in [3.63, 3.8) is 0 Å². The first-order valence-corrected chi connectivity index (χ1v) is 14.1. The molecule has 1 aromatic carbocycles. The lowest BCUT2D eigenvalue weighted by Crippen LogP contribution is -2.29. The Labute approximate surface area is 219 Å². The van der Waals surface area contributed by atoms with Crippen LogP contribution in [0.4, 0.5) is 0 Å². The fourth-order valence-corrected chi connectivity index (χ4v) is 6.15. The van der Waals surface area contributed by atoms with Gasteiger partial charge in [-0.25, -0.2) is 0 Å². The van der Waals surface area contributed by atoms with Gasteiger partial charge in [0.2, 0.25) is 0 Å². The monoisotopic (exact) mass is 496 g/mol. The highest BCUT2D eigenvalue weighted by Crippen LogP contribution is 2.44. The van der Waals surface area contributed by atoms with Gasteiger partial charge in [-0.3, -0.25) is 0 Å². The quantitative estimate of drug-likeness (QED) is 0.131. The van der Waals surface area contributed by atoms with Gasteiger partial charge in [-0.1, -0.05) is 98.3 Å². The van der Waals surface area contributed by atoms with Gasteiger partial charge in [0.25, 0.3) is 0 Å². The van der Waals surface area contributed by atoms with Gasteiger partial charge in [0.05, 0.1) is 6.61 Å². The fourth-order valence-electron chi connectivity index (χ4n) is 5.81. The number of rotatable bonds is 11. The van der Waals surface area contributed by atoms with E-state index in [4.69, 9.17) is 21.1 Å². The van der Waals surface area contributed by atoms with Gasteiger partial charge >= 0.3 is 0 Å².